The number of hydrogen-bond donors (Lipinski definition) is 0. The standard InChI is InChI=1S/C29H60/c1-6-11-12-13-14-15-18-21-25-28(24-7-2)26-22-19-16-17-20-23-27-29(8-3,9-4)10-5/h28H,6-27H2,1-5H3. The first-order valence-electron chi connectivity index (χ1n) is 14.2. The van der Waals surface area contributed by atoms with Crippen molar-refractivity contribution in [3.63, 3.8) is 0 Å². The first-order valence-corrected chi connectivity index (χ1v) is 14.2. The van der Waals surface area contributed by atoms with Gasteiger partial charge >= 0.3 is 0 Å². The molecule has 0 saturated carbocycles. The van der Waals surface area contributed by atoms with Gasteiger partial charge in [-0.05, 0) is 17.8 Å². The predicted molar refractivity (Wildman–Crippen MR) is 136 cm³/mol. The highest BCUT2D eigenvalue weighted by Gasteiger charge is 2.22. The van der Waals surface area contributed by atoms with Crippen molar-refractivity contribution in [3.8, 4) is 0 Å². The molecular formula is C29H60. The van der Waals surface area contributed by atoms with Crippen molar-refractivity contribution in [1.29, 1.82) is 0 Å². The van der Waals surface area contributed by atoms with Crippen molar-refractivity contribution >= 4 is 0 Å². The van der Waals surface area contributed by atoms with Gasteiger partial charge in [-0.25, -0.2) is 0 Å². The average molecular weight is 409 g/mol. The van der Waals surface area contributed by atoms with Crippen molar-refractivity contribution in [2.75, 3.05) is 0 Å². The van der Waals surface area contributed by atoms with Gasteiger partial charge in [0.1, 0.15) is 0 Å². The second-order valence-electron chi connectivity index (χ2n) is 10.1. The molecule has 0 N–H and O–H groups in total. The Morgan fingerprint density at radius 2 is 0.828 bits per heavy atom. The third kappa shape index (κ3) is 16.4. The van der Waals surface area contributed by atoms with E-state index in [-0.39, 0.29) is 0 Å². The maximum atomic E-state index is 2.40. The zero-order chi connectivity index (χ0) is 21.6. The van der Waals surface area contributed by atoms with Crippen molar-refractivity contribution in [3.05, 3.63) is 0 Å². The van der Waals surface area contributed by atoms with Crippen molar-refractivity contribution < 1.29 is 0 Å². The molecule has 0 aromatic carbocycles. The Morgan fingerprint density at radius 1 is 0.414 bits per heavy atom. The van der Waals surface area contributed by atoms with E-state index >= 15 is 0 Å². The molecule has 0 aliphatic heterocycles. The highest BCUT2D eigenvalue weighted by Crippen LogP contribution is 2.36. The lowest BCUT2D eigenvalue weighted by atomic mass is 9.75. The molecule has 0 aromatic rings. The lowest BCUT2D eigenvalue weighted by Gasteiger charge is -2.30. The second kappa shape index (κ2) is 21.2. The van der Waals surface area contributed by atoms with E-state index in [1.54, 1.807) is 0 Å². The van der Waals surface area contributed by atoms with Crippen LogP contribution >= 0.6 is 0 Å². The van der Waals surface area contributed by atoms with Gasteiger partial charge < -0.3 is 0 Å². The summed E-state index contributed by atoms with van der Waals surface area (Å²) in [5, 5.41) is 0. The first-order chi connectivity index (χ1) is 14.2. The Balaban J connectivity index is 3.64. The SMILES string of the molecule is CCCCCCCCCCC(CCC)CCCCCCCCC(CC)(CC)CC. The van der Waals surface area contributed by atoms with E-state index in [1.807, 2.05) is 0 Å². The molecule has 0 nitrogen and oxygen atoms in total. The summed E-state index contributed by atoms with van der Waals surface area (Å²) in [6, 6.07) is 0. The van der Waals surface area contributed by atoms with Crippen LogP contribution < -0.4 is 0 Å². The van der Waals surface area contributed by atoms with Gasteiger partial charge in [0.05, 0.1) is 0 Å². The van der Waals surface area contributed by atoms with Crippen LogP contribution in [0.3, 0.4) is 0 Å². The van der Waals surface area contributed by atoms with Crippen LogP contribution in [0.15, 0.2) is 0 Å². The van der Waals surface area contributed by atoms with Crippen LogP contribution in [0.5, 0.6) is 0 Å². The minimum Gasteiger partial charge on any atom is -0.0654 e. The topological polar surface area (TPSA) is 0 Å². The monoisotopic (exact) mass is 408 g/mol. The van der Waals surface area contributed by atoms with Gasteiger partial charge in [0.15, 0.2) is 0 Å². The fourth-order valence-corrected chi connectivity index (χ4v) is 5.33. The number of rotatable bonds is 23. The maximum Gasteiger partial charge on any atom is -0.0305 e. The Bertz CT molecular complexity index is 293. The smallest absolute Gasteiger partial charge is 0.0305 e. The van der Waals surface area contributed by atoms with E-state index in [0.717, 1.165) is 5.92 Å². The van der Waals surface area contributed by atoms with E-state index < -0.39 is 0 Å². The zero-order valence-corrected chi connectivity index (χ0v) is 21.6. The molecule has 0 heterocycles. The summed E-state index contributed by atoms with van der Waals surface area (Å²) in [6.45, 7) is 11.9. The van der Waals surface area contributed by atoms with Crippen LogP contribution in [0.25, 0.3) is 0 Å². The van der Waals surface area contributed by atoms with Crippen LogP contribution in [0.2, 0.25) is 0 Å². The quantitative estimate of drug-likeness (QED) is 0.147. The summed E-state index contributed by atoms with van der Waals surface area (Å²) in [5.41, 5.74) is 0.656. The summed E-state index contributed by atoms with van der Waals surface area (Å²) in [5.74, 6) is 1.03. The summed E-state index contributed by atoms with van der Waals surface area (Å²) < 4.78 is 0. The van der Waals surface area contributed by atoms with Crippen molar-refractivity contribution in [1.82, 2.24) is 0 Å². The predicted octanol–water partition coefficient (Wildman–Crippen LogP) is 11.3. The minimum absolute atomic E-state index is 0.656. The Morgan fingerprint density at radius 3 is 1.24 bits per heavy atom. The molecule has 0 amide bonds. The average Bonchev–Trinajstić information content (AvgIpc) is 2.75. The fourth-order valence-electron chi connectivity index (χ4n) is 5.33. The van der Waals surface area contributed by atoms with Gasteiger partial charge in [0.2, 0.25) is 0 Å². The summed E-state index contributed by atoms with van der Waals surface area (Å²) >= 11 is 0. The highest BCUT2D eigenvalue weighted by atomic mass is 14.3. The van der Waals surface area contributed by atoms with Gasteiger partial charge in [-0.15, -0.1) is 0 Å². The van der Waals surface area contributed by atoms with E-state index in [2.05, 4.69) is 34.6 Å². The summed E-state index contributed by atoms with van der Waals surface area (Å²) in [4.78, 5) is 0. The van der Waals surface area contributed by atoms with Crippen LogP contribution in [-0.4, -0.2) is 0 Å². The lowest BCUT2D eigenvalue weighted by Crippen LogP contribution is -2.17. The molecule has 176 valence electrons. The molecule has 0 fully saturated rings. The molecule has 0 bridgehead atoms. The van der Waals surface area contributed by atoms with Gasteiger partial charge in [0.25, 0.3) is 0 Å². The molecule has 0 aliphatic carbocycles. The Kier molecular flexibility index (Phi) is 21.2. The molecule has 0 heteroatoms. The molecule has 1 atom stereocenters. The zero-order valence-electron chi connectivity index (χ0n) is 21.6. The number of hydrogen-bond acceptors (Lipinski definition) is 0. The van der Waals surface area contributed by atoms with Gasteiger partial charge in [-0.1, -0.05) is 169 Å². The minimum atomic E-state index is 0.656. The molecule has 1 unspecified atom stereocenters. The van der Waals surface area contributed by atoms with E-state index in [1.165, 1.54) is 141 Å². The van der Waals surface area contributed by atoms with Gasteiger partial charge in [0, 0.05) is 0 Å². The van der Waals surface area contributed by atoms with E-state index in [0.29, 0.717) is 5.41 Å². The largest absolute Gasteiger partial charge is 0.0654 e. The first kappa shape index (κ1) is 29.0. The normalized spacial score (nSPS) is 13.1. The van der Waals surface area contributed by atoms with E-state index in [9.17, 15) is 0 Å². The third-order valence-corrected chi connectivity index (χ3v) is 7.98. The lowest BCUT2D eigenvalue weighted by molar-refractivity contribution is 0.220. The van der Waals surface area contributed by atoms with E-state index in [4.69, 9.17) is 0 Å². The van der Waals surface area contributed by atoms with Gasteiger partial charge in [-0.2, -0.15) is 0 Å². The molecule has 29 heavy (non-hydrogen) atoms. The third-order valence-electron chi connectivity index (χ3n) is 7.98. The molecule has 0 aliphatic rings. The van der Waals surface area contributed by atoms with Crippen LogP contribution in [0.4, 0.5) is 0 Å². The van der Waals surface area contributed by atoms with Gasteiger partial charge in [-0.3, -0.25) is 0 Å². The summed E-state index contributed by atoms with van der Waals surface area (Å²) in [7, 11) is 0. The molecule has 0 spiro atoms. The van der Waals surface area contributed by atoms with Crippen LogP contribution in [0, 0.1) is 11.3 Å². The molecular weight excluding hydrogens is 348 g/mol. The molecule has 0 radical (unpaired) electrons. The molecule has 0 aromatic heterocycles. The number of unbranched alkanes of at least 4 members (excludes halogenated alkanes) is 12. The van der Waals surface area contributed by atoms with Crippen LogP contribution in [0.1, 0.15) is 176 Å². The maximum absolute atomic E-state index is 2.40. The highest BCUT2D eigenvalue weighted by molar-refractivity contribution is 4.74. The Labute approximate surface area is 187 Å². The molecule has 0 rings (SSSR count). The second-order valence-corrected chi connectivity index (χ2v) is 10.1. The van der Waals surface area contributed by atoms with Crippen molar-refractivity contribution in [2.24, 2.45) is 11.3 Å². The Hall–Kier alpha value is 0. The molecule has 0 saturated heterocycles. The summed E-state index contributed by atoms with van der Waals surface area (Å²) in [6.07, 6.45) is 32.0. The fraction of sp³-hybridized carbons (Fsp3) is 1.00. The van der Waals surface area contributed by atoms with Crippen LogP contribution in [-0.2, 0) is 0 Å². The van der Waals surface area contributed by atoms with Crippen molar-refractivity contribution in [2.45, 2.75) is 176 Å².